The van der Waals surface area contributed by atoms with Crippen molar-refractivity contribution in [3.05, 3.63) is 29.3 Å². The van der Waals surface area contributed by atoms with Crippen LogP contribution in [0.2, 0.25) is 0 Å². The zero-order valence-corrected chi connectivity index (χ0v) is 14.4. The third kappa shape index (κ3) is 7.46. The molecule has 0 aliphatic heterocycles. The monoisotopic (exact) mass is 306 g/mol. The van der Waals surface area contributed by atoms with Crippen LogP contribution in [0.3, 0.4) is 0 Å². The molecular weight excluding hydrogens is 276 g/mol. The number of nitrogens with one attached hydrogen (secondary N) is 2. The Labute approximate surface area is 134 Å². The summed E-state index contributed by atoms with van der Waals surface area (Å²) in [4.78, 5) is 11.8. The largest absolute Gasteiger partial charge is 0.493 e. The smallest absolute Gasteiger partial charge is 0.220 e. The fourth-order valence-electron chi connectivity index (χ4n) is 2.05. The van der Waals surface area contributed by atoms with Crippen molar-refractivity contribution in [2.75, 3.05) is 20.2 Å². The molecule has 0 fully saturated rings. The lowest BCUT2D eigenvalue weighted by molar-refractivity contribution is -0.121. The molecule has 0 spiro atoms. The molecule has 4 heteroatoms. The average molecular weight is 306 g/mol. The summed E-state index contributed by atoms with van der Waals surface area (Å²) in [7, 11) is 1.89. The quantitative estimate of drug-likeness (QED) is 0.653. The van der Waals surface area contributed by atoms with Gasteiger partial charge < -0.3 is 15.4 Å². The topological polar surface area (TPSA) is 50.4 Å². The minimum atomic E-state index is 0.0870. The lowest BCUT2D eigenvalue weighted by Crippen LogP contribution is -2.24. The molecule has 124 valence electrons. The van der Waals surface area contributed by atoms with Gasteiger partial charge in [-0.05, 0) is 50.9 Å². The summed E-state index contributed by atoms with van der Waals surface area (Å²) in [6.45, 7) is 8.52. The van der Waals surface area contributed by atoms with E-state index < -0.39 is 0 Å². The molecule has 0 atom stereocenters. The van der Waals surface area contributed by atoms with Gasteiger partial charge in [0.25, 0.3) is 0 Å². The van der Waals surface area contributed by atoms with Crippen molar-refractivity contribution in [3.63, 3.8) is 0 Å². The molecule has 0 unspecified atom stereocenters. The van der Waals surface area contributed by atoms with Crippen LogP contribution in [0.1, 0.15) is 44.2 Å². The second-order valence-corrected chi connectivity index (χ2v) is 6.13. The number of ether oxygens (including phenoxy) is 1. The maximum atomic E-state index is 11.8. The molecule has 4 nitrogen and oxygen atoms in total. The van der Waals surface area contributed by atoms with Crippen molar-refractivity contribution in [1.29, 1.82) is 0 Å². The Morgan fingerprint density at radius 3 is 2.77 bits per heavy atom. The van der Waals surface area contributed by atoms with Gasteiger partial charge in [-0.25, -0.2) is 0 Å². The molecule has 0 aliphatic rings. The Bertz CT molecular complexity index is 458. The van der Waals surface area contributed by atoms with Crippen LogP contribution in [0.5, 0.6) is 5.75 Å². The SMILES string of the molecule is CNCCCC(=O)NCc1ccc(C)cc1OCCC(C)C. The molecule has 2 N–H and O–H groups in total. The normalized spacial score (nSPS) is 10.8. The Morgan fingerprint density at radius 2 is 2.09 bits per heavy atom. The minimum absolute atomic E-state index is 0.0870. The first-order valence-electron chi connectivity index (χ1n) is 8.16. The van der Waals surface area contributed by atoms with Gasteiger partial charge in [0.2, 0.25) is 5.91 Å². The van der Waals surface area contributed by atoms with E-state index in [2.05, 4.69) is 37.5 Å². The summed E-state index contributed by atoms with van der Waals surface area (Å²) in [6, 6.07) is 6.13. The lowest BCUT2D eigenvalue weighted by atomic mass is 10.1. The lowest BCUT2D eigenvalue weighted by Gasteiger charge is -2.14. The van der Waals surface area contributed by atoms with Crippen LogP contribution in [0, 0.1) is 12.8 Å². The molecule has 0 heterocycles. The van der Waals surface area contributed by atoms with Crippen molar-refractivity contribution < 1.29 is 9.53 Å². The second kappa shape index (κ2) is 10.2. The van der Waals surface area contributed by atoms with Crippen molar-refractivity contribution in [1.82, 2.24) is 10.6 Å². The van der Waals surface area contributed by atoms with Gasteiger partial charge in [-0.15, -0.1) is 0 Å². The van der Waals surface area contributed by atoms with Gasteiger partial charge in [-0.1, -0.05) is 26.0 Å². The van der Waals surface area contributed by atoms with E-state index in [0.717, 1.165) is 30.7 Å². The van der Waals surface area contributed by atoms with Crippen LogP contribution >= 0.6 is 0 Å². The number of carbonyl (C=O) groups is 1. The maximum Gasteiger partial charge on any atom is 0.220 e. The van der Waals surface area contributed by atoms with Gasteiger partial charge in [0.05, 0.1) is 6.61 Å². The van der Waals surface area contributed by atoms with E-state index >= 15 is 0 Å². The van der Waals surface area contributed by atoms with E-state index in [4.69, 9.17) is 4.74 Å². The van der Waals surface area contributed by atoms with Gasteiger partial charge in [0.15, 0.2) is 0 Å². The molecular formula is C18H30N2O2. The van der Waals surface area contributed by atoms with Gasteiger partial charge >= 0.3 is 0 Å². The third-order valence-electron chi connectivity index (χ3n) is 3.48. The first-order chi connectivity index (χ1) is 10.5. The van der Waals surface area contributed by atoms with Crippen molar-refractivity contribution in [2.24, 2.45) is 5.92 Å². The first kappa shape index (κ1) is 18.5. The highest BCUT2D eigenvalue weighted by Crippen LogP contribution is 2.21. The van der Waals surface area contributed by atoms with Crippen LogP contribution in [0.4, 0.5) is 0 Å². The Morgan fingerprint density at radius 1 is 1.32 bits per heavy atom. The predicted octanol–water partition coefficient (Wildman–Crippen LogP) is 3.04. The van der Waals surface area contributed by atoms with E-state index in [1.807, 2.05) is 19.2 Å². The number of hydrogen-bond donors (Lipinski definition) is 2. The molecule has 0 aromatic heterocycles. The van der Waals surface area contributed by atoms with Crippen molar-refractivity contribution >= 4 is 5.91 Å². The standard InChI is InChI=1S/C18H30N2O2/c1-14(2)9-11-22-17-12-15(3)7-8-16(17)13-20-18(21)6-5-10-19-4/h7-8,12,14,19H,5-6,9-11,13H2,1-4H3,(H,20,21). The molecule has 22 heavy (non-hydrogen) atoms. The van der Waals surface area contributed by atoms with Crippen LogP contribution in [0.25, 0.3) is 0 Å². The number of benzene rings is 1. The Kier molecular flexibility index (Phi) is 8.60. The highest BCUT2D eigenvalue weighted by atomic mass is 16.5. The summed E-state index contributed by atoms with van der Waals surface area (Å²) < 4.78 is 5.90. The molecule has 0 bridgehead atoms. The molecule has 1 aromatic rings. The minimum Gasteiger partial charge on any atom is -0.493 e. The zero-order valence-electron chi connectivity index (χ0n) is 14.4. The number of carbonyl (C=O) groups excluding carboxylic acids is 1. The zero-order chi connectivity index (χ0) is 16.4. The van der Waals surface area contributed by atoms with Gasteiger partial charge in [0, 0.05) is 18.5 Å². The average Bonchev–Trinajstić information content (AvgIpc) is 2.46. The highest BCUT2D eigenvalue weighted by Gasteiger charge is 2.07. The molecule has 0 radical (unpaired) electrons. The van der Waals surface area contributed by atoms with E-state index in [1.54, 1.807) is 0 Å². The van der Waals surface area contributed by atoms with E-state index in [0.29, 0.717) is 25.5 Å². The van der Waals surface area contributed by atoms with Gasteiger partial charge in [-0.2, -0.15) is 0 Å². The first-order valence-corrected chi connectivity index (χ1v) is 8.16. The Balaban J connectivity index is 2.52. The van der Waals surface area contributed by atoms with Crippen molar-refractivity contribution in [3.8, 4) is 5.75 Å². The van der Waals surface area contributed by atoms with Crippen molar-refractivity contribution in [2.45, 2.75) is 46.6 Å². The maximum absolute atomic E-state index is 11.8. The fourth-order valence-corrected chi connectivity index (χ4v) is 2.05. The van der Waals surface area contributed by atoms with E-state index in [9.17, 15) is 4.79 Å². The fraction of sp³-hybridized carbons (Fsp3) is 0.611. The summed E-state index contributed by atoms with van der Waals surface area (Å²) >= 11 is 0. The van der Waals surface area contributed by atoms with Crippen LogP contribution in [0.15, 0.2) is 18.2 Å². The summed E-state index contributed by atoms with van der Waals surface area (Å²) in [5.41, 5.74) is 2.21. The number of hydrogen-bond acceptors (Lipinski definition) is 3. The van der Waals surface area contributed by atoms with Crippen LogP contribution in [-0.4, -0.2) is 26.1 Å². The third-order valence-corrected chi connectivity index (χ3v) is 3.48. The number of rotatable bonds is 10. The summed E-state index contributed by atoms with van der Waals surface area (Å²) in [5.74, 6) is 1.60. The van der Waals surface area contributed by atoms with Crippen LogP contribution in [-0.2, 0) is 11.3 Å². The number of aryl methyl sites for hydroxylation is 1. The highest BCUT2D eigenvalue weighted by molar-refractivity contribution is 5.75. The van der Waals surface area contributed by atoms with E-state index in [1.165, 1.54) is 5.56 Å². The van der Waals surface area contributed by atoms with Crippen LogP contribution < -0.4 is 15.4 Å². The second-order valence-electron chi connectivity index (χ2n) is 6.13. The van der Waals surface area contributed by atoms with E-state index in [-0.39, 0.29) is 5.91 Å². The summed E-state index contributed by atoms with van der Waals surface area (Å²) in [6.07, 6.45) is 2.44. The number of amides is 1. The molecule has 1 amide bonds. The van der Waals surface area contributed by atoms with Gasteiger partial charge in [0.1, 0.15) is 5.75 Å². The molecule has 0 saturated carbocycles. The van der Waals surface area contributed by atoms with Gasteiger partial charge in [-0.3, -0.25) is 4.79 Å². The summed E-state index contributed by atoms with van der Waals surface area (Å²) in [5, 5.41) is 6.01. The molecule has 1 rings (SSSR count). The Hall–Kier alpha value is -1.55. The molecule has 0 aliphatic carbocycles. The predicted molar refractivity (Wildman–Crippen MR) is 91.1 cm³/mol. The molecule has 1 aromatic carbocycles. The molecule has 0 saturated heterocycles.